The second-order valence-electron chi connectivity index (χ2n) is 6.25. The van der Waals surface area contributed by atoms with E-state index in [2.05, 4.69) is 10.0 Å². The molecule has 3 rings (SSSR count). The van der Waals surface area contributed by atoms with Crippen molar-refractivity contribution in [1.82, 2.24) is 4.72 Å². The first-order valence-electron chi connectivity index (χ1n) is 8.85. The van der Waals surface area contributed by atoms with Crippen LogP contribution in [0.4, 0.5) is 5.69 Å². The van der Waals surface area contributed by atoms with Gasteiger partial charge in [-0.25, -0.2) is 13.1 Å². The lowest BCUT2D eigenvalue weighted by Gasteiger charge is -2.10. The van der Waals surface area contributed by atoms with Gasteiger partial charge < -0.3 is 10.1 Å². The van der Waals surface area contributed by atoms with Gasteiger partial charge in [0.25, 0.3) is 0 Å². The highest BCUT2D eigenvalue weighted by atomic mass is 35.5. The van der Waals surface area contributed by atoms with Crippen LogP contribution in [0.15, 0.2) is 77.7 Å². The first-order valence-corrected chi connectivity index (χ1v) is 11.1. The number of anilines is 1. The summed E-state index contributed by atoms with van der Waals surface area (Å²) in [4.78, 5) is 11.9. The van der Waals surface area contributed by atoms with Crippen molar-refractivity contribution in [2.24, 2.45) is 0 Å². The van der Waals surface area contributed by atoms with Crippen molar-refractivity contribution in [3.63, 3.8) is 0 Å². The van der Waals surface area contributed by atoms with Crippen molar-refractivity contribution < 1.29 is 17.9 Å². The third-order valence-corrected chi connectivity index (χ3v) is 6.11. The first-order chi connectivity index (χ1) is 14.3. The van der Waals surface area contributed by atoms with Crippen LogP contribution in [0.5, 0.6) is 5.75 Å². The molecule has 1 amide bonds. The van der Waals surface area contributed by atoms with E-state index in [0.29, 0.717) is 18.0 Å². The largest absolute Gasteiger partial charge is 0.489 e. The van der Waals surface area contributed by atoms with E-state index in [1.807, 2.05) is 30.3 Å². The van der Waals surface area contributed by atoms with Crippen LogP contribution < -0.4 is 14.8 Å². The van der Waals surface area contributed by atoms with Gasteiger partial charge in [0.15, 0.2) is 0 Å². The van der Waals surface area contributed by atoms with Crippen LogP contribution in [0.25, 0.3) is 0 Å². The number of ether oxygens (including phenoxy) is 1. The van der Waals surface area contributed by atoms with E-state index in [-0.39, 0.29) is 14.9 Å². The van der Waals surface area contributed by atoms with Crippen molar-refractivity contribution >= 4 is 44.8 Å². The highest BCUT2D eigenvalue weighted by Crippen LogP contribution is 2.24. The molecule has 0 aliphatic heterocycles. The Labute approximate surface area is 184 Å². The third kappa shape index (κ3) is 6.21. The van der Waals surface area contributed by atoms with Crippen LogP contribution in [0.2, 0.25) is 10.0 Å². The van der Waals surface area contributed by atoms with Crippen molar-refractivity contribution in [2.45, 2.75) is 11.5 Å². The maximum absolute atomic E-state index is 12.3. The maximum Gasteiger partial charge on any atom is 0.242 e. The number of sulfonamides is 1. The van der Waals surface area contributed by atoms with Crippen LogP contribution >= 0.6 is 23.2 Å². The van der Waals surface area contributed by atoms with Crippen LogP contribution in [0.3, 0.4) is 0 Å². The van der Waals surface area contributed by atoms with Gasteiger partial charge in [0, 0.05) is 10.7 Å². The smallest absolute Gasteiger partial charge is 0.242 e. The Morgan fingerprint density at radius 3 is 2.33 bits per heavy atom. The Morgan fingerprint density at radius 1 is 0.933 bits per heavy atom. The van der Waals surface area contributed by atoms with Gasteiger partial charge in [0.1, 0.15) is 17.3 Å². The molecule has 156 valence electrons. The van der Waals surface area contributed by atoms with Gasteiger partial charge in [-0.15, -0.1) is 0 Å². The third-order valence-electron chi connectivity index (χ3n) is 3.99. The summed E-state index contributed by atoms with van der Waals surface area (Å²) in [5.74, 6) is 0.114. The fourth-order valence-corrected chi connectivity index (χ4v) is 4.24. The summed E-state index contributed by atoms with van der Waals surface area (Å²) in [5.41, 5.74) is 1.55. The predicted octanol–water partition coefficient (Wildman–Crippen LogP) is 4.49. The quantitative estimate of drug-likeness (QED) is 0.514. The molecule has 0 aliphatic carbocycles. The number of nitrogens with one attached hydrogen (secondary N) is 2. The molecular weight excluding hydrogens is 447 g/mol. The van der Waals surface area contributed by atoms with Gasteiger partial charge in [0.2, 0.25) is 15.9 Å². The number of rotatable bonds is 8. The molecule has 0 saturated heterocycles. The van der Waals surface area contributed by atoms with E-state index in [9.17, 15) is 13.2 Å². The summed E-state index contributed by atoms with van der Waals surface area (Å²) >= 11 is 11.7. The minimum Gasteiger partial charge on any atom is -0.489 e. The van der Waals surface area contributed by atoms with E-state index < -0.39 is 22.5 Å². The van der Waals surface area contributed by atoms with Gasteiger partial charge in [0.05, 0.1) is 11.6 Å². The minimum atomic E-state index is -3.99. The lowest BCUT2D eigenvalue weighted by Crippen LogP contribution is -2.33. The summed E-state index contributed by atoms with van der Waals surface area (Å²) in [5, 5.41) is 2.85. The number of hydrogen-bond donors (Lipinski definition) is 2. The van der Waals surface area contributed by atoms with Crippen molar-refractivity contribution in [1.29, 1.82) is 0 Å². The van der Waals surface area contributed by atoms with Crippen LogP contribution in [0.1, 0.15) is 5.56 Å². The number of hydrogen-bond acceptors (Lipinski definition) is 4. The molecule has 0 radical (unpaired) electrons. The standard InChI is InChI=1S/C21H18Cl2N2O4S/c22-16-6-11-19(23)20(12-16)30(27,28)24-13-21(26)25-17-7-9-18(10-8-17)29-14-15-4-2-1-3-5-15/h1-12,24H,13-14H2,(H,25,26). The molecule has 0 aromatic heterocycles. The Morgan fingerprint density at radius 2 is 1.63 bits per heavy atom. The number of amides is 1. The van der Waals surface area contributed by atoms with E-state index in [1.54, 1.807) is 24.3 Å². The van der Waals surface area contributed by atoms with Crippen molar-refractivity contribution in [3.8, 4) is 5.75 Å². The number of halogens is 2. The molecule has 0 atom stereocenters. The highest BCUT2D eigenvalue weighted by Gasteiger charge is 2.19. The van der Waals surface area contributed by atoms with Gasteiger partial charge in [-0.2, -0.15) is 0 Å². The second kappa shape index (κ2) is 9.95. The SMILES string of the molecule is O=C(CNS(=O)(=O)c1cc(Cl)ccc1Cl)Nc1ccc(OCc2ccccc2)cc1. The molecule has 0 unspecified atom stereocenters. The molecule has 0 spiro atoms. The molecule has 0 bridgehead atoms. The van der Waals surface area contributed by atoms with E-state index in [1.165, 1.54) is 18.2 Å². The second-order valence-corrected chi connectivity index (χ2v) is 8.83. The molecule has 0 fully saturated rings. The Balaban J connectivity index is 1.52. The fourth-order valence-electron chi connectivity index (χ4n) is 2.50. The zero-order valence-corrected chi connectivity index (χ0v) is 18.0. The van der Waals surface area contributed by atoms with Gasteiger partial charge in [-0.3, -0.25) is 4.79 Å². The normalized spacial score (nSPS) is 11.1. The Hall–Kier alpha value is -2.58. The van der Waals surface area contributed by atoms with E-state index >= 15 is 0 Å². The molecule has 3 aromatic rings. The monoisotopic (exact) mass is 464 g/mol. The Kier molecular flexibility index (Phi) is 7.33. The molecule has 3 aromatic carbocycles. The Bertz CT molecular complexity index is 1120. The molecule has 30 heavy (non-hydrogen) atoms. The predicted molar refractivity (Wildman–Crippen MR) is 117 cm³/mol. The summed E-state index contributed by atoms with van der Waals surface area (Å²) in [7, 11) is -3.99. The average Bonchev–Trinajstić information content (AvgIpc) is 2.74. The summed E-state index contributed by atoms with van der Waals surface area (Å²) in [6, 6.07) is 20.6. The fraction of sp³-hybridized carbons (Fsp3) is 0.0952. The zero-order chi connectivity index (χ0) is 21.6. The molecule has 9 heteroatoms. The molecule has 2 N–H and O–H groups in total. The van der Waals surface area contributed by atoms with Gasteiger partial charge in [-0.1, -0.05) is 53.5 Å². The van der Waals surface area contributed by atoms with Crippen LogP contribution in [-0.4, -0.2) is 20.9 Å². The van der Waals surface area contributed by atoms with Crippen LogP contribution in [0, 0.1) is 0 Å². The first kappa shape index (κ1) is 22.1. The topological polar surface area (TPSA) is 84.5 Å². The zero-order valence-electron chi connectivity index (χ0n) is 15.6. The molecule has 0 aliphatic rings. The molecule has 6 nitrogen and oxygen atoms in total. The number of benzene rings is 3. The molecule has 0 saturated carbocycles. The number of carbonyl (C=O) groups is 1. The molecular formula is C21H18Cl2N2O4S. The van der Waals surface area contributed by atoms with Crippen molar-refractivity contribution in [3.05, 3.63) is 88.4 Å². The average molecular weight is 465 g/mol. The van der Waals surface area contributed by atoms with Crippen LogP contribution in [-0.2, 0) is 21.4 Å². The summed E-state index contributed by atoms with van der Waals surface area (Å²) < 4.78 is 32.6. The highest BCUT2D eigenvalue weighted by molar-refractivity contribution is 7.89. The minimum absolute atomic E-state index is 0.0124. The van der Waals surface area contributed by atoms with E-state index in [0.717, 1.165) is 5.56 Å². The number of carbonyl (C=O) groups excluding carboxylic acids is 1. The lowest BCUT2D eigenvalue weighted by molar-refractivity contribution is -0.115. The maximum atomic E-state index is 12.3. The summed E-state index contributed by atoms with van der Waals surface area (Å²) in [6.45, 7) is -0.0299. The van der Waals surface area contributed by atoms with Crippen molar-refractivity contribution in [2.75, 3.05) is 11.9 Å². The van der Waals surface area contributed by atoms with E-state index in [4.69, 9.17) is 27.9 Å². The lowest BCUT2D eigenvalue weighted by atomic mass is 10.2. The molecule has 0 heterocycles. The summed E-state index contributed by atoms with van der Waals surface area (Å²) in [6.07, 6.45) is 0. The van der Waals surface area contributed by atoms with Gasteiger partial charge >= 0.3 is 0 Å². The van der Waals surface area contributed by atoms with Gasteiger partial charge in [-0.05, 0) is 48.0 Å².